The van der Waals surface area contributed by atoms with Crippen LogP contribution in [0, 0.1) is 0 Å². The van der Waals surface area contributed by atoms with Crippen molar-refractivity contribution in [3.05, 3.63) is 35.9 Å². The molecular weight excluding hydrogens is 148 g/mol. The van der Waals surface area contributed by atoms with E-state index in [4.69, 9.17) is 0 Å². The number of rotatable bonds is 3. The second-order valence-electron chi connectivity index (χ2n) is 2.66. The smallest absolute Gasteiger partial charge is 0.00734 e. The molecule has 0 aliphatic carbocycles. The minimum Gasteiger partial charge on any atom is -0.121 e. The SMILES string of the molecule is C=[SiH]C(CC)c1ccccc1. The second kappa shape index (κ2) is 4.24. The van der Waals surface area contributed by atoms with Crippen molar-refractivity contribution in [1.82, 2.24) is 0 Å². The van der Waals surface area contributed by atoms with Crippen LogP contribution in [-0.4, -0.2) is 15.3 Å². The van der Waals surface area contributed by atoms with Crippen molar-refractivity contribution in [2.75, 3.05) is 0 Å². The molecule has 0 spiro atoms. The summed E-state index contributed by atoms with van der Waals surface area (Å²) in [7, 11) is 0.328. The summed E-state index contributed by atoms with van der Waals surface area (Å²) >= 11 is 0. The minimum atomic E-state index is 0.328. The first kappa shape index (κ1) is 8.40. The third-order valence-electron chi connectivity index (χ3n) is 1.95. The zero-order chi connectivity index (χ0) is 8.10. The van der Waals surface area contributed by atoms with Crippen molar-refractivity contribution < 1.29 is 0 Å². The molecule has 0 aliphatic rings. The molecule has 11 heavy (non-hydrogen) atoms. The fraction of sp³-hybridized carbons (Fsp3) is 0.300. The molecule has 0 heterocycles. The van der Waals surface area contributed by atoms with E-state index in [1.54, 1.807) is 0 Å². The van der Waals surface area contributed by atoms with Crippen molar-refractivity contribution in [3.8, 4) is 0 Å². The van der Waals surface area contributed by atoms with Gasteiger partial charge < -0.3 is 0 Å². The summed E-state index contributed by atoms with van der Waals surface area (Å²) in [6.07, 6.45) is 5.24. The van der Waals surface area contributed by atoms with Crippen LogP contribution in [0.5, 0.6) is 0 Å². The Labute approximate surface area is 70.7 Å². The summed E-state index contributed by atoms with van der Waals surface area (Å²) in [5.41, 5.74) is 2.19. The average molecular weight is 162 g/mol. The Morgan fingerprint density at radius 1 is 1.36 bits per heavy atom. The highest BCUT2D eigenvalue weighted by molar-refractivity contribution is 6.42. The van der Waals surface area contributed by atoms with Gasteiger partial charge in [0.2, 0.25) is 0 Å². The van der Waals surface area contributed by atoms with Crippen LogP contribution in [-0.2, 0) is 0 Å². The van der Waals surface area contributed by atoms with Gasteiger partial charge in [-0.2, -0.15) is 0 Å². The Balaban J connectivity index is 2.82. The highest BCUT2D eigenvalue weighted by Crippen LogP contribution is 2.14. The highest BCUT2D eigenvalue weighted by atomic mass is 28.2. The van der Waals surface area contributed by atoms with Crippen LogP contribution in [0.3, 0.4) is 0 Å². The topological polar surface area (TPSA) is 0 Å². The van der Waals surface area contributed by atoms with E-state index in [1.807, 2.05) is 0 Å². The van der Waals surface area contributed by atoms with E-state index in [0.29, 0.717) is 9.13 Å². The molecule has 0 fully saturated rings. The van der Waals surface area contributed by atoms with Crippen LogP contribution < -0.4 is 0 Å². The molecule has 0 aliphatic heterocycles. The van der Waals surface area contributed by atoms with Crippen molar-refractivity contribution in [1.29, 1.82) is 0 Å². The Morgan fingerprint density at radius 3 is 2.45 bits per heavy atom. The minimum absolute atomic E-state index is 0.328. The standard InChI is InChI=1S/C10H14Si/c1-3-10(11-2)9-7-5-4-6-8-9/h4-8,10-11H,2-3H2,1H3. The number of benzene rings is 1. The average Bonchev–Trinajstić information content (AvgIpc) is 2.09. The molecule has 0 aromatic heterocycles. The lowest BCUT2D eigenvalue weighted by Crippen LogP contribution is -1.99. The Bertz CT molecular complexity index is 216. The highest BCUT2D eigenvalue weighted by Gasteiger charge is 2.01. The lowest BCUT2D eigenvalue weighted by Gasteiger charge is -2.08. The maximum Gasteiger partial charge on any atom is -0.00734 e. The van der Waals surface area contributed by atoms with Gasteiger partial charge in [0, 0.05) is 0 Å². The largest absolute Gasteiger partial charge is 0.121 e. The van der Waals surface area contributed by atoms with Gasteiger partial charge in [-0.1, -0.05) is 37.3 Å². The predicted octanol–water partition coefficient (Wildman–Crippen LogP) is 2.01. The number of hydrogen-bond donors (Lipinski definition) is 0. The summed E-state index contributed by atoms with van der Waals surface area (Å²) in [4.78, 5) is 0. The predicted molar refractivity (Wildman–Crippen MR) is 53.7 cm³/mol. The molecule has 0 radical (unpaired) electrons. The van der Waals surface area contributed by atoms with E-state index in [1.165, 1.54) is 12.0 Å². The second-order valence-corrected chi connectivity index (χ2v) is 3.94. The quantitative estimate of drug-likeness (QED) is 0.596. The van der Waals surface area contributed by atoms with E-state index >= 15 is 0 Å². The fourth-order valence-electron chi connectivity index (χ4n) is 1.24. The molecular formula is C10H14Si. The van der Waals surface area contributed by atoms with Gasteiger partial charge in [0.05, 0.1) is 0 Å². The van der Waals surface area contributed by atoms with Crippen molar-refractivity contribution in [2.45, 2.75) is 18.9 Å². The van der Waals surface area contributed by atoms with E-state index in [0.717, 1.165) is 5.54 Å². The maximum atomic E-state index is 4.02. The van der Waals surface area contributed by atoms with Gasteiger partial charge in [-0.15, -0.1) is 6.17 Å². The van der Waals surface area contributed by atoms with Gasteiger partial charge in [0.25, 0.3) is 0 Å². The van der Waals surface area contributed by atoms with Gasteiger partial charge in [-0.3, -0.25) is 0 Å². The van der Waals surface area contributed by atoms with Gasteiger partial charge in [0.1, 0.15) is 0 Å². The molecule has 1 atom stereocenters. The summed E-state index contributed by atoms with van der Waals surface area (Å²) in [6, 6.07) is 10.7. The maximum absolute atomic E-state index is 4.02. The molecule has 0 nitrogen and oxygen atoms in total. The molecule has 1 heteroatoms. The summed E-state index contributed by atoms with van der Waals surface area (Å²) < 4.78 is 0. The monoisotopic (exact) mass is 162 g/mol. The van der Waals surface area contributed by atoms with Crippen molar-refractivity contribution >= 4 is 15.3 Å². The Hall–Kier alpha value is -0.693. The summed E-state index contributed by atoms with van der Waals surface area (Å²) in [5, 5.41) is 0. The molecule has 1 aromatic carbocycles. The van der Waals surface area contributed by atoms with Gasteiger partial charge in [-0.05, 0) is 26.7 Å². The van der Waals surface area contributed by atoms with Crippen molar-refractivity contribution in [2.24, 2.45) is 0 Å². The summed E-state index contributed by atoms with van der Waals surface area (Å²) in [6.45, 7) is 2.23. The first-order chi connectivity index (χ1) is 5.38. The lowest BCUT2D eigenvalue weighted by molar-refractivity contribution is 0.880. The first-order valence-electron chi connectivity index (χ1n) is 4.06. The van der Waals surface area contributed by atoms with Crippen LogP contribution >= 0.6 is 0 Å². The van der Waals surface area contributed by atoms with E-state index in [-0.39, 0.29) is 0 Å². The number of hydrogen-bond acceptors (Lipinski definition) is 0. The first-order valence-corrected chi connectivity index (χ1v) is 5.54. The van der Waals surface area contributed by atoms with Gasteiger partial charge >= 0.3 is 0 Å². The molecule has 0 bridgehead atoms. The van der Waals surface area contributed by atoms with Crippen LogP contribution in [0.4, 0.5) is 0 Å². The molecule has 0 saturated heterocycles. The third kappa shape index (κ3) is 2.12. The Morgan fingerprint density at radius 2 is 2.00 bits per heavy atom. The molecule has 1 aromatic rings. The molecule has 1 unspecified atom stereocenters. The van der Waals surface area contributed by atoms with Crippen LogP contribution in [0.15, 0.2) is 30.3 Å². The lowest BCUT2D eigenvalue weighted by atomic mass is 10.1. The van der Waals surface area contributed by atoms with Crippen LogP contribution in [0.25, 0.3) is 0 Å². The van der Waals surface area contributed by atoms with E-state index in [2.05, 4.69) is 43.4 Å². The zero-order valence-corrected chi connectivity index (χ0v) is 8.11. The van der Waals surface area contributed by atoms with Crippen LogP contribution in [0.2, 0.25) is 0 Å². The van der Waals surface area contributed by atoms with E-state index in [9.17, 15) is 0 Å². The van der Waals surface area contributed by atoms with Gasteiger partial charge in [0.15, 0.2) is 0 Å². The molecule has 1 rings (SSSR count). The molecule has 0 amide bonds. The van der Waals surface area contributed by atoms with Crippen LogP contribution in [0.1, 0.15) is 24.4 Å². The zero-order valence-electron chi connectivity index (χ0n) is 6.96. The van der Waals surface area contributed by atoms with Gasteiger partial charge in [-0.25, -0.2) is 0 Å². The molecule has 0 N–H and O–H groups in total. The molecule has 58 valence electrons. The fourth-order valence-corrected chi connectivity index (χ4v) is 2.07. The molecule has 0 saturated carbocycles. The summed E-state index contributed by atoms with van der Waals surface area (Å²) in [5.74, 6) is 0. The Kier molecular flexibility index (Phi) is 3.24. The van der Waals surface area contributed by atoms with E-state index < -0.39 is 0 Å². The van der Waals surface area contributed by atoms with Crippen molar-refractivity contribution in [3.63, 3.8) is 0 Å². The normalized spacial score (nSPS) is 12.5. The third-order valence-corrected chi connectivity index (χ3v) is 3.38.